The van der Waals surface area contributed by atoms with Crippen molar-refractivity contribution < 1.29 is 0 Å². The van der Waals surface area contributed by atoms with Crippen molar-refractivity contribution in [2.24, 2.45) is 0 Å². The van der Waals surface area contributed by atoms with Crippen molar-refractivity contribution in [2.45, 2.75) is 0 Å². The Bertz CT molecular complexity index is 9890. The predicted molar refractivity (Wildman–Crippen MR) is 559 cm³/mol. The smallest absolute Gasteiger partial charge is 0.235 e. The van der Waals surface area contributed by atoms with Crippen molar-refractivity contribution in [1.82, 2.24) is 58.6 Å². The number of fused-ring (bicyclic) bond motifs is 11. The first kappa shape index (κ1) is 75.1. The molecule has 0 atom stereocenters. The van der Waals surface area contributed by atoms with Crippen LogP contribution in [-0.4, -0.2) is 58.6 Å². The number of pyridine rings is 3. The lowest BCUT2D eigenvalue weighted by Crippen LogP contribution is -2.04. The van der Waals surface area contributed by atoms with Gasteiger partial charge in [0.05, 0.1) is 83.8 Å². The van der Waals surface area contributed by atoms with Crippen molar-refractivity contribution in [3.05, 3.63) is 425 Å². The van der Waals surface area contributed by atoms with Gasteiger partial charge in [0.25, 0.3) is 0 Å². The fourth-order valence-corrected chi connectivity index (χ4v) is 22.8. The Balaban J connectivity index is 0.575. The average Bonchev–Trinajstić information content (AvgIpc) is 1.54. The van der Waals surface area contributed by atoms with Gasteiger partial charge in [0.2, 0.25) is 11.9 Å². The van der Waals surface area contributed by atoms with E-state index in [1.165, 1.54) is 49.0 Å². The molecular weight excluding hydrogens is 1670 g/mol. The summed E-state index contributed by atoms with van der Waals surface area (Å²) >= 11 is 0. The molecule has 0 unspecified atom stereocenters. The van der Waals surface area contributed by atoms with Crippen LogP contribution in [0.1, 0.15) is 0 Å². The minimum atomic E-state index is 0.587. The number of benzene rings is 18. The Morgan fingerprint density at radius 3 is 1.01 bits per heavy atom. The molecule has 0 aliphatic heterocycles. The maximum atomic E-state index is 5.93. The highest BCUT2D eigenvalue weighted by Crippen LogP contribution is 2.57. The van der Waals surface area contributed by atoms with Gasteiger partial charge in [0.15, 0.2) is 5.82 Å². The van der Waals surface area contributed by atoms with Crippen LogP contribution in [-0.2, 0) is 0 Å². The van der Waals surface area contributed by atoms with Crippen LogP contribution in [0.25, 0.3) is 305 Å². The van der Waals surface area contributed by atoms with Crippen LogP contribution in [0.5, 0.6) is 0 Å². The zero-order chi connectivity index (χ0) is 89.3. The van der Waals surface area contributed by atoms with E-state index in [1.807, 2.05) is 48.9 Å². The number of hydrogen-bond donors (Lipinski definition) is 0. The number of aromatic nitrogens is 12. The van der Waals surface area contributed by atoms with Crippen molar-refractivity contribution in [1.29, 1.82) is 0 Å². The van der Waals surface area contributed by atoms with Gasteiger partial charge in [0.1, 0.15) is 5.69 Å². The molecule has 9 heterocycles. The summed E-state index contributed by atoms with van der Waals surface area (Å²) in [5.41, 5.74) is 39.1. The molecule has 3 aliphatic carbocycles. The summed E-state index contributed by atoms with van der Waals surface area (Å²) < 4.78 is 6.99. The molecule has 0 N–H and O–H groups in total. The van der Waals surface area contributed by atoms with E-state index in [-0.39, 0.29) is 0 Å². The van der Waals surface area contributed by atoms with Crippen LogP contribution in [0, 0.1) is 0 Å². The van der Waals surface area contributed by atoms with Gasteiger partial charge in [-0.15, -0.1) is 0 Å². The molecule has 18 aromatic carbocycles. The molecule has 0 saturated heterocycles. The minimum Gasteiger partial charge on any atom is -0.292 e. The van der Waals surface area contributed by atoms with Gasteiger partial charge in [-0.05, 0) is 255 Å². The first-order chi connectivity index (χ1) is 67.9. The Kier molecular flexibility index (Phi) is 15.8. The lowest BCUT2D eigenvalue weighted by Gasteiger charge is -2.18. The van der Waals surface area contributed by atoms with Gasteiger partial charge >= 0.3 is 0 Å². The Morgan fingerprint density at radius 2 is 0.533 bits per heavy atom. The molecule has 0 bridgehead atoms. The quantitative estimate of drug-likeness (QED) is 0.117. The van der Waals surface area contributed by atoms with E-state index in [2.05, 4.69) is 390 Å². The molecule has 27 aromatic rings. The predicted octanol–water partition coefficient (Wildman–Crippen LogP) is 31.2. The fraction of sp³-hybridized carbons (Fsp3) is 0. The third-order valence-corrected chi connectivity index (χ3v) is 28.8. The van der Waals surface area contributed by atoms with Gasteiger partial charge < -0.3 is 0 Å². The molecule has 630 valence electrons. The summed E-state index contributed by atoms with van der Waals surface area (Å²) in [6, 6.07) is 147. The van der Waals surface area contributed by atoms with Crippen LogP contribution >= 0.6 is 0 Å². The number of hydrogen-bond acceptors (Lipinski definition) is 9. The molecule has 9 aromatic heterocycles. The third kappa shape index (κ3) is 11.2. The first-order valence-corrected chi connectivity index (χ1v) is 46.4. The van der Waals surface area contributed by atoms with E-state index in [9.17, 15) is 0 Å². The lowest BCUT2D eigenvalue weighted by molar-refractivity contribution is 0.996. The molecule has 137 heavy (non-hydrogen) atoms. The summed E-state index contributed by atoms with van der Waals surface area (Å²) in [5.74, 6) is 1.90. The summed E-state index contributed by atoms with van der Waals surface area (Å²) in [4.78, 5) is 49.4. The molecule has 0 spiro atoms. The molecule has 30 rings (SSSR count). The van der Waals surface area contributed by atoms with E-state index in [4.69, 9.17) is 44.9 Å². The van der Waals surface area contributed by atoms with E-state index in [1.54, 1.807) is 0 Å². The van der Waals surface area contributed by atoms with Crippen molar-refractivity contribution >= 4 is 120 Å². The van der Waals surface area contributed by atoms with Crippen molar-refractivity contribution in [2.75, 3.05) is 0 Å². The first-order valence-electron chi connectivity index (χ1n) is 46.4. The van der Waals surface area contributed by atoms with Gasteiger partial charge in [0, 0.05) is 95.2 Å². The molecule has 12 nitrogen and oxygen atoms in total. The van der Waals surface area contributed by atoms with E-state index < -0.39 is 0 Å². The van der Waals surface area contributed by atoms with Crippen LogP contribution in [0.15, 0.2) is 425 Å². The second-order valence-electron chi connectivity index (χ2n) is 36.2. The molecule has 0 radical (unpaired) electrons. The second-order valence-corrected chi connectivity index (χ2v) is 36.2. The normalized spacial score (nSPS) is 12.2. The lowest BCUT2D eigenvalue weighted by atomic mass is 9.89. The van der Waals surface area contributed by atoms with Crippen LogP contribution in [0.2, 0.25) is 0 Å². The maximum absolute atomic E-state index is 5.93. The number of nitrogens with zero attached hydrogens (tertiary/aromatic N) is 12. The Hall–Kier alpha value is -18.7. The van der Waals surface area contributed by atoms with Crippen LogP contribution < -0.4 is 0 Å². The summed E-state index contributed by atoms with van der Waals surface area (Å²) in [6.07, 6.45) is 5.64. The summed E-state index contributed by atoms with van der Waals surface area (Å²) in [6.45, 7) is 0. The van der Waals surface area contributed by atoms with E-state index in [0.717, 1.165) is 244 Å². The molecule has 0 fully saturated rings. The van der Waals surface area contributed by atoms with Gasteiger partial charge in [-0.25, -0.2) is 29.9 Å². The highest BCUT2D eigenvalue weighted by Gasteiger charge is 2.34. The molecule has 3 aliphatic rings. The standard InChI is InChI=1S/C125H70N12/c1-5-24-71(25-6-1)103-70-104(72-26-7-2-8-27-72)133-124(132-103)136-107-55-49-75-34-23-39-91-93-61-79(44-51-88(93)96-65-84(100-42-17-20-59-128-100)68-110(136)117(96)120(107)114(75)91)81-46-53-102-105(66-81)129-122(77-30-11-4-12-31-77)123(130-102)135-106-54-47-74-33-22-38-90-92-60-78(43-50-87(92)95-64-82(98-40-15-18-57-126-98)67-109(135)115(95)118(106)113(74)90)80-45-52-101-97(62-80)121(76-28-9-3-10-29-76)134-125(131-101)137-108-56-48-73-32-21-37-89-85-35-13-14-36-86(85)94-63-83(99-41-16-19-58-127-99)69-111(137)116(94)119(108)112(73)89/h1-70H. The van der Waals surface area contributed by atoms with Crippen LogP contribution in [0.3, 0.4) is 0 Å². The summed E-state index contributed by atoms with van der Waals surface area (Å²) in [5, 5.41) is 14.9. The highest BCUT2D eigenvalue weighted by molar-refractivity contribution is 6.34. The monoisotopic (exact) mass is 1740 g/mol. The van der Waals surface area contributed by atoms with Crippen LogP contribution in [0.4, 0.5) is 0 Å². The molecule has 12 heteroatoms. The number of rotatable bonds is 12. The largest absolute Gasteiger partial charge is 0.292 e. The van der Waals surface area contributed by atoms with Gasteiger partial charge in [-0.3, -0.25) is 28.7 Å². The summed E-state index contributed by atoms with van der Waals surface area (Å²) in [7, 11) is 0. The molecule has 0 amide bonds. The van der Waals surface area contributed by atoms with Gasteiger partial charge in [-0.2, -0.15) is 0 Å². The molecular formula is C125H70N12. The van der Waals surface area contributed by atoms with E-state index >= 15 is 0 Å². The highest BCUT2D eigenvalue weighted by atomic mass is 15.2. The maximum Gasteiger partial charge on any atom is 0.235 e. The average molecular weight is 1740 g/mol. The zero-order valence-corrected chi connectivity index (χ0v) is 73.3. The van der Waals surface area contributed by atoms with Gasteiger partial charge in [-0.1, -0.05) is 273 Å². The van der Waals surface area contributed by atoms with E-state index in [0.29, 0.717) is 11.9 Å². The fourth-order valence-electron chi connectivity index (χ4n) is 22.8. The topological polar surface area (TPSA) is 131 Å². The second kappa shape index (κ2) is 28.9. The van der Waals surface area contributed by atoms with Crippen molar-refractivity contribution in [3.63, 3.8) is 0 Å². The molecule has 0 saturated carbocycles. The third-order valence-electron chi connectivity index (χ3n) is 28.8. The SMILES string of the molecule is c1ccc(-c2cc(-c3ccccc3)nc(-n3c4cc(-c5ccccn5)cc5c4c4c6c(cccc6ccc43)-c3cc(-c4ccc6nc(-n7c8cc(-c9ccccn9)cc9c8c8c%10c(cccc%10ccc87)-c7cc(-c8ccc%10nc(-n%11c%12cc(-c%13ccccn%13)cc%13c%12c%12c%14c(cccc%14ccc%12%11)-c%11ccccc%11-%13)nc(-c%11ccccc%11)c%10c8)ccc7-9)c(-c7ccccc7)nc6c4)ccc3-5)n2)cc1. The van der Waals surface area contributed by atoms with Crippen molar-refractivity contribution in [3.8, 4) is 186 Å². The Morgan fingerprint density at radius 1 is 0.161 bits per heavy atom. The minimum absolute atomic E-state index is 0.587. The Labute approximate surface area is 783 Å². The zero-order valence-electron chi connectivity index (χ0n) is 73.3.